The third-order valence-electron chi connectivity index (χ3n) is 6.37. The molecule has 4 rings (SSSR count). The molecule has 1 saturated heterocycles. The molecule has 2 heterocycles. The summed E-state index contributed by atoms with van der Waals surface area (Å²) in [5.74, 6) is 0.0640. The maximum Gasteiger partial charge on any atom is 0.416 e. The lowest BCUT2D eigenvalue weighted by Gasteiger charge is -2.26. The lowest BCUT2D eigenvalue weighted by molar-refractivity contribution is -0.137. The smallest absolute Gasteiger partial charge is 0.364 e. The Bertz CT molecular complexity index is 958. The third kappa shape index (κ3) is 4.43. The summed E-state index contributed by atoms with van der Waals surface area (Å²) in [7, 11) is 1.99. The standard InChI is InChI=1S/C21H24F3N5O2/c1-27(10-13-2-4-16(5-3-13)21(22,23)24)17-8-14-11-28(12-15(14)9-17)20(31)29-7-6-18(26-29)19(25)30/h2-7,14-15,17H,8-12H2,1H3,(H2,25,30)/t14-,15+,17-. The topological polar surface area (TPSA) is 84.5 Å². The fraction of sp³-hybridized carbons (Fsp3) is 0.476. The lowest BCUT2D eigenvalue weighted by atomic mass is 10.0. The highest BCUT2D eigenvalue weighted by molar-refractivity contribution is 5.91. The number of hydrogen-bond acceptors (Lipinski definition) is 4. The highest BCUT2D eigenvalue weighted by Gasteiger charge is 2.43. The zero-order chi connectivity index (χ0) is 22.3. The minimum absolute atomic E-state index is 0.0534. The van der Waals surface area contributed by atoms with Crippen LogP contribution >= 0.6 is 0 Å². The zero-order valence-corrected chi connectivity index (χ0v) is 17.0. The van der Waals surface area contributed by atoms with E-state index in [9.17, 15) is 22.8 Å². The number of fused-ring (bicyclic) bond motifs is 1. The van der Waals surface area contributed by atoms with Gasteiger partial charge in [-0.05, 0) is 55.5 Å². The van der Waals surface area contributed by atoms with Gasteiger partial charge >= 0.3 is 12.2 Å². The fourth-order valence-corrected chi connectivity index (χ4v) is 4.71. The lowest BCUT2D eigenvalue weighted by Crippen LogP contribution is -2.36. The molecule has 2 N–H and O–H groups in total. The summed E-state index contributed by atoms with van der Waals surface area (Å²) < 4.78 is 39.3. The van der Waals surface area contributed by atoms with Gasteiger partial charge in [-0.2, -0.15) is 23.0 Å². The predicted molar refractivity (Wildman–Crippen MR) is 106 cm³/mol. The van der Waals surface area contributed by atoms with Crippen molar-refractivity contribution in [1.82, 2.24) is 19.6 Å². The first-order chi connectivity index (χ1) is 14.6. The van der Waals surface area contributed by atoms with Crippen molar-refractivity contribution >= 4 is 11.9 Å². The summed E-state index contributed by atoms with van der Waals surface area (Å²) in [5, 5.41) is 3.93. The van der Waals surface area contributed by atoms with E-state index in [2.05, 4.69) is 10.00 Å². The number of alkyl halides is 3. The van der Waals surface area contributed by atoms with Crippen LogP contribution in [0.1, 0.15) is 34.5 Å². The van der Waals surface area contributed by atoms with Gasteiger partial charge in [-0.3, -0.25) is 9.69 Å². The van der Waals surface area contributed by atoms with Gasteiger partial charge in [0.2, 0.25) is 0 Å². The minimum atomic E-state index is -4.33. The molecule has 2 aliphatic rings. The molecule has 31 heavy (non-hydrogen) atoms. The monoisotopic (exact) mass is 435 g/mol. The number of benzene rings is 1. The van der Waals surface area contributed by atoms with Crippen LogP contribution < -0.4 is 5.73 Å². The number of aromatic nitrogens is 2. The number of primary amides is 1. The van der Waals surface area contributed by atoms with E-state index in [4.69, 9.17) is 5.73 Å². The molecule has 7 nitrogen and oxygen atoms in total. The van der Waals surface area contributed by atoms with E-state index in [1.165, 1.54) is 24.4 Å². The average Bonchev–Trinajstić information content (AvgIpc) is 3.41. The molecule has 3 atom stereocenters. The molecule has 166 valence electrons. The van der Waals surface area contributed by atoms with Crippen LogP contribution in [0.5, 0.6) is 0 Å². The van der Waals surface area contributed by atoms with Crippen LogP contribution in [0.3, 0.4) is 0 Å². The quantitative estimate of drug-likeness (QED) is 0.801. The minimum Gasteiger partial charge on any atom is -0.364 e. The zero-order valence-electron chi connectivity index (χ0n) is 17.0. The molecule has 2 aromatic rings. The maximum absolute atomic E-state index is 12.7. The highest BCUT2D eigenvalue weighted by Crippen LogP contribution is 2.40. The summed E-state index contributed by atoms with van der Waals surface area (Å²) in [5.41, 5.74) is 5.44. The molecule has 1 aromatic heterocycles. The molecule has 1 saturated carbocycles. The summed E-state index contributed by atoms with van der Waals surface area (Å²) in [6.07, 6.45) is -1.03. The van der Waals surface area contributed by atoms with Crippen LogP contribution in [0.2, 0.25) is 0 Å². The normalized spacial score (nSPS) is 23.4. The van der Waals surface area contributed by atoms with Crippen molar-refractivity contribution < 1.29 is 22.8 Å². The van der Waals surface area contributed by atoms with E-state index in [1.54, 1.807) is 4.90 Å². The van der Waals surface area contributed by atoms with Crippen molar-refractivity contribution in [2.75, 3.05) is 20.1 Å². The SMILES string of the molecule is CN(Cc1ccc(C(F)(F)F)cc1)[C@@H]1C[C@@H]2CN(C(=O)n3ccc(C(N)=O)n3)C[C@@H]2C1. The van der Waals surface area contributed by atoms with Gasteiger partial charge in [-0.25, -0.2) is 4.79 Å². The van der Waals surface area contributed by atoms with E-state index < -0.39 is 17.6 Å². The van der Waals surface area contributed by atoms with Gasteiger partial charge in [0, 0.05) is 31.9 Å². The van der Waals surface area contributed by atoms with Crippen LogP contribution in [0, 0.1) is 11.8 Å². The first-order valence-corrected chi connectivity index (χ1v) is 10.1. The van der Waals surface area contributed by atoms with Gasteiger partial charge in [-0.15, -0.1) is 0 Å². The van der Waals surface area contributed by atoms with Crippen LogP contribution in [0.15, 0.2) is 36.5 Å². The molecule has 0 spiro atoms. The Morgan fingerprint density at radius 1 is 1.13 bits per heavy atom. The van der Waals surface area contributed by atoms with Crippen LogP contribution in [0.25, 0.3) is 0 Å². The number of amides is 2. The third-order valence-corrected chi connectivity index (χ3v) is 6.37. The molecule has 0 bridgehead atoms. The van der Waals surface area contributed by atoms with E-state index in [-0.39, 0.29) is 11.7 Å². The van der Waals surface area contributed by atoms with E-state index in [1.807, 2.05) is 7.05 Å². The van der Waals surface area contributed by atoms with Gasteiger partial charge in [0.25, 0.3) is 5.91 Å². The molecule has 1 aliphatic carbocycles. The van der Waals surface area contributed by atoms with Crippen LogP contribution in [0.4, 0.5) is 18.0 Å². The molecule has 0 unspecified atom stereocenters. The molecular formula is C21H24F3N5O2. The molecule has 2 fully saturated rings. The summed E-state index contributed by atoms with van der Waals surface area (Å²) in [6.45, 7) is 1.83. The Morgan fingerprint density at radius 3 is 2.26 bits per heavy atom. The van der Waals surface area contributed by atoms with Crippen LogP contribution in [-0.4, -0.2) is 57.7 Å². The Labute approximate surface area is 177 Å². The van der Waals surface area contributed by atoms with E-state index in [0.717, 1.165) is 35.2 Å². The van der Waals surface area contributed by atoms with Crippen molar-refractivity contribution in [2.24, 2.45) is 17.6 Å². The first-order valence-electron chi connectivity index (χ1n) is 10.1. The Balaban J connectivity index is 1.31. The van der Waals surface area contributed by atoms with E-state index in [0.29, 0.717) is 37.5 Å². The fourth-order valence-electron chi connectivity index (χ4n) is 4.71. The van der Waals surface area contributed by atoms with Crippen molar-refractivity contribution in [2.45, 2.75) is 31.6 Å². The Kier molecular flexibility index (Phi) is 5.50. The van der Waals surface area contributed by atoms with Gasteiger partial charge in [0.15, 0.2) is 5.69 Å². The molecule has 10 heteroatoms. The van der Waals surface area contributed by atoms with Gasteiger partial charge in [-0.1, -0.05) is 12.1 Å². The van der Waals surface area contributed by atoms with Gasteiger partial charge < -0.3 is 10.6 Å². The second-order valence-corrected chi connectivity index (χ2v) is 8.45. The largest absolute Gasteiger partial charge is 0.416 e. The first kappa shape index (κ1) is 21.4. The second kappa shape index (κ2) is 7.99. The number of rotatable bonds is 4. The number of nitrogens with zero attached hydrogens (tertiary/aromatic N) is 4. The summed E-state index contributed by atoms with van der Waals surface area (Å²) >= 11 is 0. The van der Waals surface area contributed by atoms with Crippen molar-refractivity contribution in [3.63, 3.8) is 0 Å². The predicted octanol–water partition coefficient (Wildman–Crippen LogP) is 2.81. The molecular weight excluding hydrogens is 411 g/mol. The number of hydrogen-bond donors (Lipinski definition) is 1. The number of halogens is 3. The summed E-state index contributed by atoms with van der Waals surface area (Å²) in [6, 6.07) is 6.77. The highest BCUT2D eigenvalue weighted by atomic mass is 19.4. The van der Waals surface area contributed by atoms with Crippen LogP contribution in [-0.2, 0) is 12.7 Å². The van der Waals surface area contributed by atoms with Crippen molar-refractivity contribution in [3.8, 4) is 0 Å². The Morgan fingerprint density at radius 2 is 1.74 bits per heavy atom. The Hall–Kier alpha value is -2.88. The maximum atomic E-state index is 12.7. The summed E-state index contributed by atoms with van der Waals surface area (Å²) in [4.78, 5) is 27.8. The number of carbonyl (C=O) groups excluding carboxylic acids is 2. The number of nitrogens with two attached hydrogens (primary N) is 1. The molecule has 0 radical (unpaired) electrons. The number of likely N-dealkylation sites (tertiary alicyclic amines) is 1. The van der Waals surface area contributed by atoms with Crippen molar-refractivity contribution in [1.29, 1.82) is 0 Å². The number of carbonyl (C=O) groups is 2. The van der Waals surface area contributed by atoms with Gasteiger partial charge in [0.1, 0.15) is 0 Å². The van der Waals surface area contributed by atoms with Crippen molar-refractivity contribution in [3.05, 3.63) is 53.3 Å². The average molecular weight is 435 g/mol. The molecule has 2 amide bonds. The second-order valence-electron chi connectivity index (χ2n) is 8.45. The van der Waals surface area contributed by atoms with E-state index >= 15 is 0 Å². The molecule has 1 aliphatic heterocycles. The molecule has 1 aromatic carbocycles. The van der Waals surface area contributed by atoms with Gasteiger partial charge in [0.05, 0.1) is 5.56 Å².